The monoisotopic (exact) mass is 481 g/mol. The lowest BCUT2D eigenvalue weighted by Gasteiger charge is -2.38. The molecule has 6 heteroatoms. The van der Waals surface area contributed by atoms with Crippen LogP contribution in [0.15, 0.2) is 66.6 Å². The van der Waals surface area contributed by atoms with Crippen LogP contribution in [0, 0.1) is 29.1 Å². The topological polar surface area (TPSA) is 65.8 Å². The number of fused-ring (bicyclic) bond motifs is 3. The summed E-state index contributed by atoms with van der Waals surface area (Å²) in [5, 5.41) is 9.31. The highest BCUT2D eigenvalue weighted by Crippen LogP contribution is 2.59. The predicted octanol–water partition coefficient (Wildman–Crippen LogP) is 4.39. The van der Waals surface area contributed by atoms with Crippen LogP contribution in [0.3, 0.4) is 0 Å². The van der Waals surface area contributed by atoms with Gasteiger partial charge in [0.1, 0.15) is 6.26 Å². The minimum absolute atomic E-state index is 0.0602. The number of hydrogen-bond acceptors (Lipinski definition) is 5. The lowest BCUT2D eigenvalue weighted by molar-refractivity contribution is -0.136. The molecule has 3 saturated heterocycles. The molecule has 0 bridgehead atoms. The Morgan fingerprint density at radius 1 is 1.06 bits per heavy atom. The fraction of sp³-hybridized carbons (Fsp3) is 0.467. The fourth-order valence-electron chi connectivity index (χ4n) is 7.57. The largest absolute Gasteiger partial charge is 0.462 e. The van der Waals surface area contributed by atoms with E-state index in [-0.39, 0.29) is 36.7 Å². The zero-order chi connectivity index (χ0) is 24.2. The molecule has 2 aromatic carbocycles. The number of carbonyl (C=O) groups excluding carboxylic acids is 1. The zero-order valence-electron chi connectivity index (χ0n) is 20.3. The fourth-order valence-corrected chi connectivity index (χ4v) is 7.57. The molecule has 4 aliphatic heterocycles. The SMILES string of the molecule is N#Cc1ccc(C2C3C(=O)N(C(Cc4ccccc4)C4=COCO4)C(C4CC4)C3C3CCCN32)cc1. The second-order valence-electron chi connectivity index (χ2n) is 11.0. The summed E-state index contributed by atoms with van der Waals surface area (Å²) in [6, 6.07) is 21.2. The number of carbonyl (C=O) groups is 1. The van der Waals surface area contributed by atoms with Crippen molar-refractivity contribution in [1.29, 1.82) is 5.26 Å². The highest BCUT2D eigenvalue weighted by molar-refractivity contribution is 5.85. The van der Waals surface area contributed by atoms with Crippen molar-refractivity contribution >= 4 is 5.91 Å². The normalized spacial score (nSPS) is 31.9. The summed E-state index contributed by atoms with van der Waals surface area (Å²) in [6.07, 6.45) is 7.17. The van der Waals surface area contributed by atoms with Gasteiger partial charge in [0.15, 0.2) is 5.76 Å². The van der Waals surface area contributed by atoms with Gasteiger partial charge in [-0.1, -0.05) is 42.5 Å². The van der Waals surface area contributed by atoms with Gasteiger partial charge in [0.05, 0.1) is 23.6 Å². The molecule has 0 radical (unpaired) electrons. The van der Waals surface area contributed by atoms with E-state index in [0.29, 0.717) is 23.4 Å². The predicted molar refractivity (Wildman–Crippen MR) is 133 cm³/mol. The van der Waals surface area contributed by atoms with Gasteiger partial charge in [0.2, 0.25) is 12.7 Å². The van der Waals surface area contributed by atoms with Crippen molar-refractivity contribution < 1.29 is 14.3 Å². The van der Waals surface area contributed by atoms with Crippen molar-refractivity contribution in [2.75, 3.05) is 13.3 Å². The van der Waals surface area contributed by atoms with Gasteiger partial charge in [0, 0.05) is 30.5 Å². The summed E-state index contributed by atoms with van der Waals surface area (Å²) >= 11 is 0. The Morgan fingerprint density at radius 3 is 2.56 bits per heavy atom. The van der Waals surface area contributed by atoms with Gasteiger partial charge in [-0.15, -0.1) is 0 Å². The Balaban J connectivity index is 1.30. The first-order valence-corrected chi connectivity index (χ1v) is 13.3. The number of nitrogens with zero attached hydrogens (tertiary/aromatic N) is 3. The molecule has 6 atom stereocenters. The minimum Gasteiger partial charge on any atom is -0.462 e. The van der Waals surface area contributed by atoms with E-state index in [1.165, 1.54) is 24.8 Å². The van der Waals surface area contributed by atoms with Crippen LogP contribution in [0.5, 0.6) is 0 Å². The van der Waals surface area contributed by atoms with E-state index in [1.807, 2.05) is 18.2 Å². The van der Waals surface area contributed by atoms with E-state index in [2.05, 4.69) is 52.3 Å². The second kappa shape index (κ2) is 8.67. The van der Waals surface area contributed by atoms with Crippen LogP contribution in [-0.2, 0) is 20.7 Å². The van der Waals surface area contributed by atoms with Gasteiger partial charge in [-0.3, -0.25) is 9.69 Å². The van der Waals surface area contributed by atoms with E-state index >= 15 is 0 Å². The number of nitriles is 1. The van der Waals surface area contributed by atoms with Gasteiger partial charge < -0.3 is 14.4 Å². The number of amides is 1. The summed E-state index contributed by atoms with van der Waals surface area (Å²) in [5.74, 6) is 1.87. The molecular formula is C30H31N3O3. The van der Waals surface area contributed by atoms with Crippen LogP contribution in [0.4, 0.5) is 0 Å². The quantitative estimate of drug-likeness (QED) is 0.612. The number of likely N-dealkylation sites (tertiary alicyclic amines) is 1. The van der Waals surface area contributed by atoms with Crippen molar-refractivity contribution in [1.82, 2.24) is 9.80 Å². The lowest BCUT2D eigenvalue weighted by Crippen LogP contribution is -2.49. The molecule has 5 aliphatic rings. The molecule has 1 saturated carbocycles. The maximum absolute atomic E-state index is 14.6. The minimum atomic E-state index is -0.157. The molecule has 0 spiro atoms. The third-order valence-electron chi connectivity index (χ3n) is 9.07. The molecule has 7 rings (SSSR count). The average Bonchev–Trinajstić information content (AvgIpc) is 3.25. The van der Waals surface area contributed by atoms with E-state index in [1.54, 1.807) is 6.26 Å². The molecule has 1 aliphatic carbocycles. The van der Waals surface area contributed by atoms with E-state index < -0.39 is 0 Å². The highest BCUT2D eigenvalue weighted by Gasteiger charge is 2.66. The first-order chi connectivity index (χ1) is 17.7. The molecule has 0 N–H and O–H groups in total. The molecule has 2 aromatic rings. The van der Waals surface area contributed by atoms with Gasteiger partial charge in [0.25, 0.3) is 0 Å². The molecule has 4 fully saturated rings. The van der Waals surface area contributed by atoms with Crippen molar-refractivity contribution in [3.63, 3.8) is 0 Å². The van der Waals surface area contributed by atoms with Crippen LogP contribution >= 0.6 is 0 Å². The molecule has 184 valence electrons. The van der Waals surface area contributed by atoms with Gasteiger partial charge >= 0.3 is 0 Å². The Labute approximate surface area is 212 Å². The van der Waals surface area contributed by atoms with Crippen molar-refractivity contribution in [3.05, 3.63) is 83.3 Å². The molecule has 6 unspecified atom stereocenters. The number of rotatable bonds is 6. The molecule has 1 amide bonds. The molecule has 4 heterocycles. The Hall–Kier alpha value is -3.30. The smallest absolute Gasteiger partial charge is 0.229 e. The first-order valence-electron chi connectivity index (χ1n) is 13.3. The lowest BCUT2D eigenvalue weighted by atomic mass is 9.80. The number of benzene rings is 2. The van der Waals surface area contributed by atoms with Crippen LogP contribution in [0.2, 0.25) is 0 Å². The molecule has 36 heavy (non-hydrogen) atoms. The van der Waals surface area contributed by atoms with Crippen LogP contribution < -0.4 is 0 Å². The van der Waals surface area contributed by atoms with E-state index in [0.717, 1.165) is 30.7 Å². The molecule has 6 nitrogen and oxygen atoms in total. The maximum Gasteiger partial charge on any atom is 0.229 e. The van der Waals surface area contributed by atoms with Gasteiger partial charge in [-0.2, -0.15) is 5.26 Å². The summed E-state index contributed by atoms with van der Waals surface area (Å²) in [5.41, 5.74) is 3.02. The third kappa shape index (κ3) is 3.44. The van der Waals surface area contributed by atoms with E-state index in [4.69, 9.17) is 9.47 Å². The summed E-state index contributed by atoms with van der Waals surface area (Å²) in [7, 11) is 0. The Kier molecular flexibility index (Phi) is 5.28. The van der Waals surface area contributed by atoms with Crippen molar-refractivity contribution in [2.24, 2.45) is 17.8 Å². The maximum atomic E-state index is 14.6. The Bertz CT molecular complexity index is 1220. The molecular weight excluding hydrogens is 450 g/mol. The van der Waals surface area contributed by atoms with E-state index in [9.17, 15) is 10.1 Å². The second-order valence-corrected chi connectivity index (χ2v) is 11.0. The highest BCUT2D eigenvalue weighted by atomic mass is 16.7. The van der Waals surface area contributed by atoms with Gasteiger partial charge in [-0.05, 0) is 61.4 Å². The Morgan fingerprint density at radius 2 is 1.86 bits per heavy atom. The first kappa shape index (κ1) is 21.9. The third-order valence-corrected chi connectivity index (χ3v) is 9.07. The van der Waals surface area contributed by atoms with Crippen LogP contribution in [0.25, 0.3) is 0 Å². The van der Waals surface area contributed by atoms with Crippen molar-refractivity contribution in [2.45, 2.75) is 56.3 Å². The summed E-state index contributed by atoms with van der Waals surface area (Å²) < 4.78 is 11.4. The summed E-state index contributed by atoms with van der Waals surface area (Å²) in [6.45, 7) is 1.26. The number of hydrogen-bond donors (Lipinski definition) is 0. The standard InChI is InChI=1S/C30H31N3O3/c31-16-20-8-10-21(11-9-20)28-27-26(23-7-4-14-32(23)28)29(22-12-13-22)33(30(27)34)24(25-17-35-18-36-25)15-19-5-2-1-3-6-19/h1-3,5-6,8-11,17,22-24,26-29H,4,7,12-15,18H2. The van der Waals surface area contributed by atoms with Crippen LogP contribution in [-0.4, -0.2) is 47.2 Å². The summed E-state index contributed by atoms with van der Waals surface area (Å²) in [4.78, 5) is 19.4. The van der Waals surface area contributed by atoms with Crippen molar-refractivity contribution in [3.8, 4) is 6.07 Å². The number of ether oxygens (including phenoxy) is 2. The van der Waals surface area contributed by atoms with Crippen LogP contribution in [0.1, 0.15) is 48.4 Å². The average molecular weight is 482 g/mol. The van der Waals surface area contributed by atoms with Gasteiger partial charge in [-0.25, -0.2) is 0 Å². The molecule has 0 aromatic heterocycles. The zero-order valence-corrected chi connectivity index (χ0v) is 20.3.